The van der Waals surface area contributed by atoms with Crippen molar-refractivity contribution in [1.29, 1.82) is 0 Å². The summed E-state index contributed by atoms with van der Waals surface area (Å²) in [5.74, 6) is -1.93. The zero-order valence-electron chi connectivity index (χ0n) is 19.6. The van der Waals surface area contributed by atoms with Crippen LogP contribution in [0.3, 0.4) is 0 Å². The van der Waals surface area contributed by atoms with Crippen LogP contribution in [-0.2, 0) is 26.2 Å². The first kappa shape index (κ1) is 27.9. The molecule has 0 aliphatic carbocycles. The van der Waals surface area contributed by atoms with Gasteiger partial charge in [-0.05, 0) is 57.5 Å². The summed E-state index contributed by atoms with van der Waals surface area (Å²) in [6, 6.07) is 9.04. The number of halogens is 3. The van der Waals surface area contributed by atoms with E-state index in [1.807, 2.05) is 0 Å². The molecule has 0 aliphatic rings. The molecule has 11 heteroatoms. The minimum Gasteiger partial charge on any atom is -0.350 e. The number of hydrogen-bond acceptors (Lipinski definition) is 4. The van der Waals surface area contributed by atoms with Gasteiger partial charge in [-0.25, -0.2) is 12.8 Å². The van der Waals surface area contributed by atoms with Gasteiger partial charge in [0.25, 0.3) is 0 Å². The maximum absolute atomic E-state index is 14.4. The van der Waals surface area contributed by atoms with Gasteiger partial charge in [0.1, 0.15) is 18.4 Å². The van der Waals surface area contributed by atoms with Crippen LogP contribution in [0, 0.1) is 5.82 Å². The monoisotopic (exact) mass is 531 g/mol. The third-order valence-electron chi connectivity index (χ3n) is 4.80. The molecule has 2 aromatic rings. The van der Waals surface area contributed by atoms with Crippen LogP contribution in [0.25, 0.3) is 0 Å². The molecule has 2 aromatic carbocycles. The van der Waals surface area contributed by atoms with Gasteiger partial charge in [0.15, 0.2) is 0 Å². The lowest BCUT2D eigenvalue weighted by atomic mass is 10.1. The van der Waals surface area contributed by atoms with Gasteiger partial charge in [0.2, 0.25) is 21.8 Å². The lowest BCUT2D eigenvalue weighted by Gasteiger charge is -2.33. The lowest BCUT2D eigenvalue weighted by Crippen LogP contribution is -2.54. The Morgan fingerprint density at radius 2 is 1.71 bits per heavy atom. The molecule has 1 N–H and O–H groups in total. The highest BCUT2D eigenvalue weighted by molar-refractivity contribution is 7.92. The van der Waals surface area contributed by atoms with E-state index in [-0.39, 0.29) is 17.3 Å². The fourth-order valence-corrected chi connectivity index (χ4v) is 4.31. The van der Waals surface area contributed by atoms with Gasteiger partial charge < -0.3 is 10.2 Å². The molecule has 0 heterocycles. The largest absolute Gasteiger partial charge is 0.350 e. The molecule has 0 saturated heterocycles. The molecule has 186 valence electrons. The second-order valence-corrected chi connectivity index (χ2v) is 11.6. The molecular formula is C23H28Cl2FN3O4S. The molecule has 7 nitrogen and oxygen atoms in total. The summed E-state index contributed by atoms with van der Waals surface area (Å²) in [4.78, 5) is 27.5. The molecule has 0 unspecified atom stereocenters. The maximum Gasteiger partial charge on any atom is 0.244 e. The third-order valence-corrected chi connectivity index (χ3v) is 6.67. The summed E-state index contributed by atoms with van der Waals surface area (Å²) in [6.07, 6.45) is 0.881. The SMILES string of the molecule is C[C@@H](C(=O)NC(C)(C)C)N(Cc1ccc(Cl)c(Cl)c1)C(=O)CN(c1ccccc1F)S(C)(=O)=O. The van der Waals surface area contributed by atoms with Crippen LogP contribution in [0.2, 0.25) is 10.0 Å². The van der Waals surface area contributed by atoms with Crippen molar-refractivity contribution >= 4 is 50.7 Å². The van der Waals surface area contributed by atoms with Crippen LogP contribution in [0.1, 0.15) is 33.3 Å². The number of carbonyl (C=O) groups excluding carboxylic acids is 2. The van der Waals surface area contributed by atoms with Gasteiger partial charge in [-0.2, -0.15) is 0 Å². The summed E-state index contributed by atoms with van der Waals surface area (Å²) in [6.45, 7) is 6.17. The zero-order chi connectivity index (χ0) is 25.8. The van der Waals surface area contributed by atoms with E-state index in [0.717, 1.165) is 12.3 Å². The standard InChI is InChI=1S/C23H28Cl2FN3O4S/c1-15(22(31)27-23(2,3)4)28(13-16-10-11-17(24)18(25)12-16)21(30)14-29(34(5,32)33)20-9-7-6-8-19(20)26/h6-12,15H,13-14H2,1-5H3,(H,27,31)/t15-/m0/s1. The Morgan fingerprint density at radius 1 is 1.09 bits per heavy atom. The Morgan fingerprint density at radius 3 is 2.24 bits per heavy atom. The van der Waals surface area contributed by atoms with Gasteiger partial charge >= 0.3 is 0 Å². The molecule has 34 heavy (non-hydrogen) atoms. The van der Waals surface area contributed by atoms with Crippen molar-refractivity contribution in [3.63, 3.8) is 0 Å². The van der Waals surface area contributed by atoms with E-state index in [2.05, 4.69) is 5.32 Å². The summed E-state index contributed by atoms with van der Waals surface area (Å²) in [5.41, 5.74) is -0.245. The molecule has 0 spiro atoms. The molecule has 0 saturated carbocycles. The molecule has 2 amide bonds. The minimum atomic E-state index is -4.02. The molecule has 0 radical (unpaired) electrons. The van der Waals surface area contributed by atoms with Crippen molar-refractivity contribution in [1.82, 2.24) is 10.2 Å². The van der Waals surface area contributed by atoms with Crippen LogP contribution < -0.4 is 9.62 Å². The van der Waals surface area contributed by atoms with Gasteiger partial charge in [0.05, 0.1) is 22.0 Å². The molecule has 0 bridgehead atoms. The second-order valence-electron chi connectivity index (χ2n) is 8.91. The average Bonchev–Trinajstić information content (AvgIpc) is 2.70. The van der Waals surface area contributed by atoms with Gasteiger partial charge in [-0.15, -0.1) is 0 Å². The van der Waals surface area contributed by atoms with Crippen molar-refractivity contribution in [2.24, 2.45) is 0 Å². The number of carbonyl (C=O) groups is 2. The number of amides is 2. The number of sulfonamides is 1. The van der Waals surface area contributed by atoms with Gasteiger partial charge in [-0.3, -0.25) is 13.9 Å². The number of nitrogens with one attached hydrogen (secondary N) is 1. The summed E-state index contributed by atoms with van der Waals surface area (Å²) >= 11 is 12.1. The van der Waals surface area contributed by atoms with E-state index in [4.69, 9.17) is 23.2 Å². The smallest absolute Gasteiger partial charge is 0.244 e. The zero-order valence-corrected chi connectivity index (χ0v) is 21.9. The highest BCUT2D eigenvalue weighted by atomic mass is 35.5. The fourth-order valence-electron chi connectivity index (χ4n) is 3.14. The Balaban J connectivity index is 2.44. The van der Waals surface area contributed by atoms with Crippen molar-refractivity contribution in [3.8, 4) is 0 Å². The van der Waals surface area contributed by atoms with Crippen LogP contribution in [-0.4, -0.2) is 49.5 Å². The summed E-state index contributed by atoms with van der Waals surface area (Å²) < 4.78 is 40.0. The van der Waals surface area contributed by atoms with Crippen LogP contribution in [0.15, 0.2) is 42.5 Å². The lowest BCUT2D eigenvalue weighted by molar-refractivity contribution is -0.140. The van der Waals surface area contributed by atoms with Crippen LogP contribution in [0.4, 0.5) is 10.1 Å². The van der Waals surface area contributed by atoms with E-state index in [9.17, 15) is 22.4 Å². The van der Waals surface area contributed by atoms with Crippen molar-refractivity contribution in [3.05, 3.63) is 63.9 Å². The summed E-state index contributed by atoms with van der Waals surface area (Å²) in [7, 11) is -4.02. The Kier molecular flexibility index (Phi) is 8.96. The molecular weight excluding hydrogens is 504 g/mol. The Hall–Kier alpha value is -2.36. The number of para-hydroxylation sites is 1. The van der Waals surface area contributed by atoms with E-state index >= 15 is 0 Å². The second kappa shape index (κ2) is 10.9. The van der Waals surface area contributed by atoms with Crippen molar-refractivity contribution in [2.45, 2.75) is 45.8 Å². The highest BCUT2D eigenvalue weighted by Crippen LogP contribution is 2.25. The first-order valence-electron chi connectivity index (χ1n) is 10.4. The predicted octanol–water partition coefficient (Wildman–Crippen LogP) is 4.23. The quantitative estimate of drug-likeness (QED) is 0.552. The fraction of sp³-hybridized carbons (Fsp3) is 0.391. The van der Waals surface area contributed by atoms with E-state index in [0.29, 0.717) is 14.9 Å². The third kappa shape index (κ3) is 7.58. The van der Waals surface area contributed by atoms with Crippen LogP contribution in [0.5, 0.6) is 0 Å². The summed E-state index contributed by atoms with van der Waals surface area (Å²) in [5, 5.41) is 3.40. The minimum absolute atomic E-state index is 0.0523. The Labute approximate surface area is 209 Å². The molecule has 0 fully saturated rings. The highest BCUT2D eigenvalue weighted by Gasteiger charge is 2.32. The number of nitrogens with zero attached hydrogens (tertiary/aromatic N) is 2. The molecule has 0 aromatic heterocycles. The number of hydrogen-bond donors (Lipinski definition) is 1. The average molecular weight is 532 g/mol. The number of rotatable bonds is 8. The number of benzene rings is 2. The Bertz CT molecular complexity index is 1170. The first-order chi connectivity index (χ1) is 15.6. The van der Waals surface area contributed by atoms with E-state index < -0.39 is 45.8 Å². The predicted molar refractivity (Wildman–Crippen MR) is 133 cm³/mol. The van der Waals surface area contributed by atoms with Crippen molar-refractivity contribution < 1.29 is 22.4 Å². The maximum atomic E-state index is 14.4. The van der Waals surface area contributed by atoms with E-state index in [1.165, 1.54) is 30.0 Å². The molecule has 2 rings (SSSR count). The molecule has 0 aliphatic heterocycles. The van der Waals surface area contributed by atoms with Crippen molar-refractivity contribution in [2.75, 3.05) is 17.1 Å². The van der Waals surface area contributed by atoms with Crippen LogP contribution >= 0.6 is 23.2 Å². The van der Waals surface area contributed by atoms with Gasteiger partial charge in [-0.1, -0.05) is 41.4 Å². The van der Waals surface area contributed by atoms with E-state index in [1.54, 1.807) is 39.0 Å². The molecule has 1 atom stereocenters. The first-order valence-corrected chi connectivity index (χ1v) is 13.0. The van der Waals surface area contributed by atoms with Gasteiger partial charge in [0, 0.05) is 12.1 Å². The normalized spacial score (nSPS) is 12.7. The number of anilines is 1. The topological polar surface area (TPSA) is 86.8 Å².